The van der Waals surface area contributed by atoms with Crippen LogP contribution in [0.3, 0.4) is 0 Å². The van der Waals surface area contributed by atoms with Crippen molar-refractivity contribution in [2.45, 2.75) is 26.3 Å². The Morgan fingerprint density at radius 2 is 2.29 bits per heavy atom. The Balaban J connectivity index is 2.43. The lowest BCUT2D eigenvalue weighted by molar-refractivity contribution is 0.288. The van der Waals surface area contributed by atoms with Gasteiger partial charge in [-0.2, -0.15) is 0 Å². The molecule has 0 amide bonds. The Morgan fingerprint density at radius 3 is 2.79 bits per heavy atom. The normalized spacial score (nSPS) is 11.6. The Morgan fingerprint density at radius 1 is 1.57 bits per heavy atom. The average molecular weight is 233 g/mol. The van der Waals surface area contributed by atoms with Gasteiger partial charge in [-0.05, 0) is 13.0 Å². The molecule has 0 bridgehead atoms. The molecule has 0 radical (unpaired) electrons. The molecule has 1 aromatic rings. The maximum absolute atomic E-state index is 5.69. The zero-order chi connectivity index (χ0) is 10.6. The van der Waals surface area contributed by atoms with Gasteiger partial charge in [0.1, 0.15) is 5.01 Å². The third-order valence-corrected chi connectivity index (χ3v) is 2.97. The van der Waals surface area contributed by atoms with Gasteiger partial charge in [0, 0.05) is 11.9 Å². The molecule has 0 saturated carbocycles. The monoisotopic (exact) mass is 232 g/mol. The first-order valence-electron chi connectivity index (χ1n) is 4.79. The largest absolute Gasteiger partial charge is 0.299 e. The van der Waals surface area contributed by atoms with Crippen LogP contribution in [0.5, 0.6) is 0 Å². The second-order valence-electron chi connectivity index (χ2n) is 3.96. The summed E-state index contributed by atoms with van der Waals surface area (Å²) in [7, 11) is 2.13. The van der Waals surface area contributed by atoms with Crippen molar-refractivity contribution in [1.82, 2.24) is 9.88 Å². The van der Waals surface area contributed by atoms with Crippen LogP contribution < -0.4 is 0 Å². The van der Waals surface area contributed by atoms with Gasteiger partial charge in [0.25, 0.3) is 0 Å². The molecule has 1 heterocycles. The van der Waals surface area contributed by atoms with Gasteiger partial charge in [-0.25, -0.2) is 4.98 Å². The predicted octanol–water partition coefficient (Wildman–Crippen LogP) is 2.97. The predicted molar refractivity (Wildman–Crippen MR) is 62.8 cm³/mol. The van der Waals surface area contributed by atoms with Crippen LogP contribution in [0.2, 0.25) is 0 Å². The minimum absolute atomic E-state index is 0.518. The topological polar surface area (TPSA) is 16.1 Å². The van der Waals surface area contributed by atoms with E-state index in [1.165, 1.54) is 0 Å². The number of thiazole rings is 1. The van der Waals surface area contributed by atoms with E-state index in [-0.39, 0.29) is 0 Å². The lowest BCUT2D eigenvalue weighted by Gasteiger charge is -2.17. The standard InChI is InChI=1S/C10H17ClN2S/c1-8(2)5-13(3)6-10-12-9(4-11)7-14-10/h7-8H,4-6H2,1-3H3. The molecule has 2 nitrogen and oxygen atoms in total. The van der Waals surface area contributed by atoms with E-state index in [1.807, 2.05) is 5.38 Å². The van der Waals surface area contributed by atoms with Gasteiger partial charge in [0.15, 0.2) is 0 Å². The number of nitrogens with zero attached hydrogens (tertiary/aromatic N) is 2. The lowest BCUT2D eigenvalue weighted by atomic mass is 10.2. The SMILES string of the molecule is CC(C)CN(C)Cc1nc(CCl)cs1. The summed E-state index contributed by atoms with van der Waals surface area (Å²) < 4.78 is 0. The number of hydrogen-bond donors (Lipinski definition) is 0. The van der Waals surface area contributed by atoms with Crippen molar-refractivity contribution in [3.05, 3.63) is 16.1 Å². The second-order valence-corrected chi connectivity index (χ2v) is 5.17. The first kappa shape index (κ1) is 12.0. The number of hydrogen-bond acceptors (Lipinski definition) is 3. The summed E-state index contributed by atoms with van der Waals surface area (Å²) in [4.78, 5) is 6.71. The third-order valence-electron chi connectivity index (χ3n) is 1.82. The molecule has 1 aromatic heterocycles. The van der Waals surface area contributed by atoms with Crippen molar-refractivity contribution in [2.24, 2.45) is 5.92 Å². The van der Waals surface area contributed by atoms with Gasteiger partial charge in [0.2, 0.25) is 0 Å². The summed E-state index contributed by atoms with van der Waals surface area (Å²) in [5, 5.41) is 3.19. The van der Waals surface area contributed by atoms with Crippen LogP contribution in [-0.2, 0) is 12.4 Å². The van der Waals surface area contributed by atoms with Crippen LogP contribution in [0.25, 0.3) is 0 Å². The van der Waals surface area contributed by atoms with E-state index >= 15 is 0 Å². The minimum atomic E-state index is 0.518. The molecular formula is C10H17ClN2S. The number of alkyl halides is 1. The minimum Gasteiger partial charge on any atom is -0.299 e. The first-order chi connectivity index (χ1) is 6.61. The highest BCUT2D eigenvalue weighted by Crippen LogP contribution is 2.13. The summed E-state index contributed by atoms with van der Waals surface area (Å²) in [6.45, 7) is 6.49. The summed E-state index contributed by atoms with van der Waals surface area (Å²) in [6.07, 6.45) is 0. The fraction of sp³-hybridized carbons (Fsp3) is 0.700. The van der Waals surface area contributed by atoms with Gasteiger partial charge in [-0.3, -0.25) is 4.90 Å². The zero-order valence-corrected chi connectivity index (χ0v) is 10.5. The Labute approximate surface area is 94.9 Å². The molecule has 14 heavy (non-hydrogen) atoms. The fourth-order valence-electron chi connectivity index (χ4n) is 1.40. The number of halogens is 1. The smallest absolute Gasteiger partial charge is 0.107 e. The molecule has 0 spiro atoms. The van der Waals surface area contributed by atoms with E-state index in [9.17, 15) is 0 Å². The van der Waals surface area contributed by atoms with Crippen molar-refractivity contribution >= 4 is 22.9 Å². The number of rotatable bonds is 5. The molecule has 0 atom stereocenters. The highest BCUT2D eigenvalue weighted by atomic mass is 35.5. The van der Waals surface area contributed by atoms with Crippen LogP contribution >= 0.6 is 22.9 Å². The van der Waals surface area contributed by atoms with E-state index in [4.69, 9.17) is 11.6 Å². The van der Waals surface area contributed by atoms with Crippen LogP contribution in [0.15, 0.2) is 5.38 Å². The molecule has 0 saturated heterocycles. The highest BCUT2D eigenvalue weighted by molar-refractivity contribution is 7.09. The zero-order valence-electron chi connectivity index (χ0n) is 8.96. The second kappa shape index (κ2) is 5.69. The van der Waals surface area contributed by atoms with Gasteiger partial charge in [-0.15, -0.1) is 22.9 Å². The van der Waals surface area contributed by atoms with Crippen LogP contribution in [0.4, 0.5) is 0 Å². The van der Waals surface area contributed by atoms with Gasteiger partial charge < -0.3 is 0 Å². The molecule has 0 N–H and O–H groups in total. The third kappa shape index (κ3) is 3.95. The van der Waals surface area contributed by atoms with E-state index in [0.717, 1.165) is 23.8 Å². The fourth-order valence-corrected chi connectivity index (χ4v) is 2.50. The molecule has 4 heteroatoms. The summed E-state index contributed by atoms with van der Waals surface area (Å²) in [5.74, 6) is 1.22. The Kier molecular flexibility index (Phi) is 4.85. The van der Waals surface area contributed by atoms with Gasteiger partial charge >= 0.3 is 0 Å². The van der Waals surface area contributed by atoms with Crippen molar-refractivity contribution in [2.75, 3.05) is 13.6 Å². The maximum atomic E-state index is 5.69. The van der Waals surface area contributed by atoms with Crippen molar-refractivity contribution in [3.63, 3.8) is 0 Å². The molecule has 0 fully saturated rings. The molecule has 0 aliphatic carbocycles. The molecule has 0 aromatic carbocycles. The molecule has 0 unspecified atom stereocenters. The van der Waals surface area contributed by atoms with Crippen molar-refractivity contribution < 1.29 is 0 Å². The van der Waals surface area contributed by atoms with Crippen molar-refractivity contribution in [3.8, 4) is 0 Å². The molecular weight excluding hydrogens is 216 g/mol. The Bertz CT molecular complexity index is 273. The van der Waals surface area contributed by atoms with Crippen molar-refractivity contribution in [1.29, 1.82) is 0 Å². The first-order valence-corrected chi connectivity index (χ1v) is 6.21. The summed E-state index contributed by atoms with van der Waals surface area (Å²) >= 11 is 7.38. The van der Waals surface area contributed by atoms with Gasteiger partial charge in [0.05, 0.1) is 18.1 Å². The molecule has 0 aliphatic heterocycles. The van der Waals surface area contributed by atoms with Gasteiger partial charge in [-0.1, -0.05) is 13.8 Å². The molecule has 1 rings (SSSR count). The van der Waals surface area contributed by atoms with E-state index < -0.39 is 0 Å². The summed E-state index contributed by atoms with van der Waals surface area (Å²) in [6, 6.07) is 0. The molecule has 0 aliphatic rings. The van der Waals surface area contributed by atoms with Crippen LogP contribution in [0, 0.1) is 5.92 Å². The Hall–Kier alpha value is -0.120. The highest BCUT2D eigenvalue weighted by Gasteiger charge is 2.06. The quantitative estimate of drug-likeness (QED) is 0.726. The van der Waals surface area contributed by atoms with Crippen LogP contribution in [0.1, 0.15) is 24.5 Å². The average Bonchev–Trinajstić information content (AvgIpc) is 2.50. The van der Waals surface area contributed by atoms with Crippen LogP contribution in [-0.4, -0.2) is 23.5 Å². The van der Waals surface area contributed by atoms with E-state index in [2.05, 4.69) is 30.8 Å². The lowest BCUT2D eigenvalue weighted by Crippen LogP contribution is -2.22. The number of aromatic nitrogens is 1. The van der Waals surface area contributed by atoms with E-state index in [0.29, 0.717) is 11.8 Å². The maximum Gasteiger partial charge on any atom is 0.107 e. The van der Waals surface area contributed by atoms with E-state index in [1.54, 1.807) is 11.3 Å². The molecule has 80 valence electrons. The summed E-state index contributed by atoms with van der Waals surface area (Å²) in [5.41, 5.74) is 0.990.